The zero-order valence-corrected chi connectivity index (χ0v) is 23.8. The lowest BCUT2D eigenvalue weighted by Crippen LogP contribution is -2.65. The Morgan fingerprint density at radius 2 is 1.76 bits per heavy atom. The molecule has 1 saturated heterocycles. The SMILES string of the molecule is COCCOCCOCC(=O)C[C@H](C(=O)N[C@@H](CC(C)C)B1O[C@@H]2C[C@@H]3C[C@@H](C3(C)C)[C@]2(C)O1)[C@@H](C)O. The molecule has 4 rings (SSSR count). The minimum Gasteiger partial charge on any atom is -0.404 e. The molecule has 0 aromatic carbocycles. The van der Waals surface area contributed by atoms with E-state index in [4.69, 9.17) is 23.5 Å². The molecule has 4 fully saturated rings. The average Bonchev–Trinajstić information content (AvgIpc) is 3.18. The van der Waals surface area contributed by atoms with Gasteiger partial charge in [0.15, 0.2) is 5.78 Å². The number of ketones is 1. The second-order valence-corrected chi connectivity index (χ2v) is 12.3. The predicted octanol–water partition coefficient (Wildman–Crippen LogP) is 2.42. The molecule has 3 aliphatic carbocycles. The summed E-state index contributed by atoms with van der Waals surface area (Å²) in [4.78, 5) is 25.8. The van der Waals surface area contributed by atoms with E-state index in [2.05, 4.69) is 39.9 Å². The second-order valence-electron chi connectivity index (χ2n) is 12.3. The van der Waals surface area contributed by atoms with E-state index < -0.39 is 19.1 Å². The van der Waals surface area contributed by atoms with Crippen LogP contribution in [0.4, 0.5) is 0 Å². The van der Waals surface area contributed by atoms with Crippen LogP contribution in [0, 0.1) is 29.1 Å². The monoisotopic (exact) mass is 525 g/mol. The van der Waals surface area contributed by atoms with Gasteiger partial charge in [-0.25, -0.2) is 0 Å². The first-order chi connectivity index (χ1) is 17.4. The van der Waals surface area contributed by atoms with E-state index in [1.165, 1.54) is 6.92 Å². The second kappa shape index (κ2) is 12.9. The van der Waals surface area contributed by atoms with E-state index in [-0.39, 0.29) is 54.4 Å². The van der Waals surface area contributed by atoms with Crippen molar-refractivity contribution in [2.45, 2.75) is 91.0 Å². The highest BCUT2D eigenvalue weighted by Crippen LogP contribution is 2.65. The summed E-state index contributed by atoms with van der Waals surface area (Å²) < 4.78 is 28.7. The fraction of sp³-hybridized carbons (Fsp3) is 0.926. The predicted molar refractivity (Wildman–Crippen MR) is 140 cm³/mol. The number of aliphatic hydroxyl groups is 1. The van der Waals surface area contributed by atoms with E-state index in [0.717, 1.165) is 12.8 Å². The van der Waals surface area contributed by atoms with Crippen LogP contribution in [-0.2, 0) is 33.1 Å². The Balaban J connectivity index is 1.55. The van der Waals surface area contributed by atoms with Gasteiger partial charge >= 0.3 is 7.12 Å². The summed E-state index contributed by atoms with van der Waals surface area (Å²) in [5.41, 5.74) is -0.136. The maximum Gasteiger partial charge on any atom is 0.481 e. The maximum atomic E-state index is 13.3. The lowest BCUT2D eigenvalue weighted by molar-refractivity contribution is -0.199. The Morgan fingerprint density at radius 3 is 2.38 bits per heavy atom. The minimum absolute atomic E-state index is 0.0191. The third-order valence-corrected chi connectivity index (χ3v) is 8.78. The fourth-order valence-corrected chi connectivity index (χ4v) is 6.44. The van der Waals surface area contributed by atoms with Crippen LogP contribution in [0.1, 0.15) is 67.2 Å². The zero-order valence-electron chi connectivity index (χ0n) is 23.8. The highest BCUT2D eigenvalue weighted by Gasteiger charge is 2.68. The molecular weight excluding hydrogens is 477 g/mol. The van der Waals surface area contributed by atoms with Crippen LogP contribution in [0.2, 0.25) is 0 Å². The molecule has 1 amide bonds. The van der Waals surface area contributed by atoms with E-state index >= 15 is 0 Å². The molecule has 0 radical (unpaired) electrons. The van der Waals surface area contributed by atoms with E-state index in [9.17, 15) is 14.7 Å². The van der Waals surface area contributed by atoms with Crippen molar-refractivity contribution in [2.75, 3.05) is 40.1 Å². The van der Waals surface area contributed by atoms with E-state index in [1.807, 2.05) is 0 Å². The van der Waals surface area contributed by atoms with Gasteiger partial charge in [0, 0.05) is 13.5 Å². The molecule has 2 N–H and O–H groups in total. The summed E-state index contributed by atoms with van der Waals surface area (Å²) in [6.07, 6.45) is 1.73. The minimum atomic E-state index is -0.987. The largest absolute Gasteiger partial charge is 0.481 e. The molecule has 1 heterocycles. The van der Waals surface area contributed by atoms with Gasteiger partial charge in [-0.1, -0.05) is 27.7 Å². The molecule has 2 bridgehead atoms. The topological polar surface area (TPSA) is 113 Å². The van der Waals surface area contributed by atoms with Crippen molar-refractivity contribution in [1.82, 2.24) is 5.32 Å². The number of ether oxygens (including phenoxy) is 3. The summed E-state index contributed by atoms with van der Waals surface area (Å²) in [6.45, 7) is 14.0. The Kier molecular flexibility index (Phi) is 10.6. The molecule has 10 heteroatoms. The fourth-order valence-electron chi connectivity index (χ4n) is 6.44. The number of Topliss-reactive ketones (excluding diaryl/α,β-unsaturated/α-hetero) is 1. The molecule has 4 aliphatic rings. The molecule has 7 atom stereocenters. The van der Waals surface area contributed by atoms with Crippen molar-refractivity contribution in [3.05, 3.63) is 0 Å². The Labute approximate surface area is 222 Å². The highest BCUT2D eigenvalue weighted by atomic mass is 16.7. The summed E-state index contributed by atoms with van der Waals surface area (Å²) in [5.74, 6) is -0.495. The van der Waals surface area contributed by atoms with Crippen LogP contribution in [0.15, 0.2) is 0 Å². The third kappa shape index (κ3) is 7.14. The van der Waals surface area contributed by atoms with Gasteiger partial charge < -0.3 is 33.9 Å². The van der Waals surface area contributed by atoms with Crippen molar-refractivity contribution in [1.29, 1.82) is 0 Å². The van der Waals surface area contributed by atoms with Crippen molar-refractivity contribution in [3.63, 3.8) is 0 Å². The molecule has 0 spiro atoms. The van der Waals surface area contributed by atoms with Crippen molar-refractivity contribution < 1.29 is 38.2 Å². The first-order valence-corrected chi connectivity index (χ1v) is 13.9. The summed E-state index contributed by atoms with van der Waals surface area (Å²) in [7, 11) is 1.05. The van der Waals surface area contributed by atoms with Gasteiger partial charge in [0.25, 0.3) is 0 Å². The average molecular weight is 525 g/mol. The van der Waals surface area contributed by atoms with Crippen LogP contribution in [-0.4, -0.2) is 87.8 Å². The molecular formula is C27H48BNO8. The number of rotatable bonds is 16. The quantitative estimate of drug-likeness (QED) is 0.234. The van der Waals surface area contributed by atoms with Gasteiger partial charge in [-0.3, -0.25) is 9.59 Å². The lowest BCUT2D eigenvalue weighted by atomic mass is 9.43. The molecule has 0 unspecified atom stereocenters. The van der Waals surface area contributed by atoms with Gasteiger partial charge in [-0.15, -0.1) is 0 Å². The molecule has 37 heavy (non-hydrogen) atoms. The first kappa shape index (κ1) is 30.5. The van der Waals surface area contributed by atoms with Gasteiger partial charge in [0.2, 0.25) is 5.91 Å². The number of nitrogens with one attached hydrogen (secondary N) is 1. The Morgan fingerprint density at radius 1 is 1.08 bits per heavy atom. The van der Waals surface area contributed by atoms with Gasteiger partial charge in [0.1, 0.15) is 6.61 Å². The molecule has 0 aromatic heterocycles. The van der Waals surface area contributed by atoms with E-state index in [0.29, 0.717) is 44.0 Å². The number of carbonyl (C=O) groups excluding carboxylic acids is 2. The standard InChI is InChI=1S/C27H48BNO8/c1-17(2)12-24(28-36-23-14-19-13-22(26(19,4)5)27(23,6)37-28)29-25(32)21(18(3)30)15-20(31)16-35-11-10-34-9-8-33-7/h17-19,21-24,30H,8-16H2,1-7H3,(H,29,32)/t18-,19+,21+,22+,23-,24+,27+/m1/s1. The van der Waals surface area contributed by atoms with Crippen molar-refractivity contribution >= 4 is 18.8 Å². The molecule has 212 valence electrons. The summed E-state index contributed by atoms with van der Waals surface area (Å²) in [5, 5.41) is 13.4. The summed E-state index contributed by atoms with van der Waals surface area (Å²) >= 11 is 0. The first-order valence-electron chi connectivity index (χ1n) is 13.9. The van der Waals surface area contributed by atoms with Crippen LogP contribution >= 0.6 is 0 Å². The Hall–Kier alpha value is -1.04. The van der Waals surface area contributed by atoms with E-state index in [1.54, 1.807) is 7.11 Å². The smallest absolute Gasteiger partial charge is 0.404 e. The van der Waals surface area contributed by atoms with Crippen molar-refractivity contribution in [2.24, 2.45) is 29.1 Å². The van der Waals surface area contributed by atoms with Crippen molar-refractivity contribution in [3.8, 4) is 0 Å². The van der Waals surface area contributed by atoms with Crippen LogP contribution in [0.3, 0.4) is 0 Å². The summed E-state index contributed by atoms with van der Waals surface area (Å²) in [6, 6.07) is 0. The highest BCUT2D eigenvalue weighted by molar-refractivity contribution is 6.47. The van der Waals surface area contributed by atoms with Gasteiger partial charge in [-0.2, -0.15) is 0 Å². The van der Waals surface area contributed by atoms with Gasteiger partial charge in [-0.05, 0) is 56.3 Å². The maximum absolute atomic E-state index is 13.3. The van der Waals surface area contributed by atoms with Crippen LogP contribution in [0.5, 0.6) is 0 Å². The lowest BCUT2D eigenvalue weighted by Gasteiger charge is -2.64. The number of hydrogen-bond donors (Lipinski definition) is 2. The molecule has 1 aliphatic heterocycles. The Bertz CT molecular complexity index is 778. The van der Waals surface area contributed by atoms with Gasteiger partial charge in [0.05, 0.1) is 56.1 Å². The molecule has 0 aromatic rings. The number of methoxy groups -OCH3 is 1. The normalized spacial score (nSPS) is 30.4. The number of amides is 1. The van der Waals surface area contributed by atoms with Crippen LogP contribution in [0.25, 0.3) is 0 Å². The number of hydrogen-bond acceptors (Lipinski definition) is 8. The zero-order chi connectivity index (χ0) is 27.4. The van der Waals surface area contributed by atoms with Crippen LogP contribution < -0.4 is 5.32 Å². The molecule has 3 saturated carbocycles. The third-order valence-electron chi connectivity index (χ3n) is 8.78. The molecule has 9 nitrogen and oxygen atoms in total. The number of carbonyl (C=O) groups is 2. The number of aliphatic hydroxyl groups excluding tert-OH is 1.